The number of cyclic esters (lactones) is 1. The van der Waals surface area contributed by atoms with Gasteiger partial charge in [-0.25, -0.2) is 4.79 Å². The fourth-order valence-corrected chi connectivity index (χ4v) is 2.00. The summed E-state index contributed by atoms with van der Waals surface area (Å²) < 4.78 is 5.05. The standard InChI is InChI=1S/C14H24O2/c1-4-11(2)8-6-5-7-9-13-10-12(3)16-14(13)15/h10-12H,4-9H2,1-3H3/t11-,12-/m0/s1. The van der Waals surface area contributed by atoms with E-state index in [1.54, 1.807) is 0 Å². The van der Waals surface area contributed by atoms with Crippen molar-refractivity contribution < 1.29 is 9.53 Å². The summed E-state index contributed by atoms with van der Waals surface area (Å²) in [6.07, 6.45) is 9.05. The highest BCUT2D eigenvalue weighted by Gasteiger charge is 2.21. The van der Waals surface area contributed by atoms with Gasteiger partial charge in [0.1, 0.15) is 6.10 Å². The SMILES string of the molecule is CC[C@H](C)CCCCCC1=C[C@H](C)OC1=O. The monoisotopic (exact) mass is 224 g/mol. The first-order chi connectivity index (χ1) is 7.63. The van der Waals surface area contributed by atoms with Crippen LogP contribution in [0.5, 0.6) is 0 Å². The van der Waals surface area contributed by atoms with Crippen LogP contribution in [0.2, 0.25) is 0 Å². The molecule has 0 radical (unpaired) electrons. The van der Waals surface area contributed by atoms with E-state index >= 15 is 0 Å². The molecule has 0 aromatic rings. The molecule has 0 N–H and O–H groups in total. The number of esters is 1. The van der Waals surface area contributed by atoms with Gasteiger partial charge in [-0.2, -0.15) is 0 Å². The Morgan fingerprint density at radius 2 is 2.12 bits per heavy atom. The van der Waals surface area contributed by atoms with E-state index in [1.165, 1.54) is 25.7 Å². The van der Waals surface area contributed by atoms with Gasteiger partial charge in [-0.3, -0.25) is 0 Å². The van der Waals surface area contributed by atoms with E-state index in [2.05, 4.69) is 13.8 Å². The van der Waals surface area contributed by atoms with Crippen molar-refractivity contribution in [2.75, 3.05) is 0 Å². The molecule has 1 rings (SSSR count). The van der Waals surface area contributed by atoms with Gasteiger partial charge < -0.3 is 4.74 Å². The Hall–Kier alpha value is -0.790. The van der Waals surface area contributed by atoms with Crippen LogP contribution in [0.3, 0.4) is 0 Å². The van der Waals surface area contributed by atoms with Crippen LogP contribution < -0.4 is 0 Å². The van der Waals surface area contributed by atoms with Crippen LogP contribution in [0, 0.1) is 5.92 Å². The Balaban J connectivity index is 2.08. The lowest BCUT2D eigenvalue weighted by molar-refractivity contribution is -0.139. The molecule has 16 heavy (non-hydrogen) atoms. The average Bonchev–Trinajstić information content (AvgIpc) is 2.56. The van der Waals surface area contributed by atoms with Gasteiger partial charge in [0, 0.05) is 5.57 Å². The topological polar surface area (TPSA) is 26.3 Å². The second kappa shape index (κ2) is 6.72. The Morgan fingerprint density at radius 1 is 1.38 bits per heavy atom. The molecule has 0 saturated carbocycles. The fourth-order valence-electron chi connectivity index (χ4n) is 2.00. The first-order valence-electron chi connectivity index (χ1n) is 6.55. The second-order valence-electron chi connectivity index (χ2n) is 4.92. The predicted octanol–water partition coefficient (Wildman–Crippen LogP) is 3.85. The molecule has 0 aromatic heterocycles. The maximum atomic E-state index is 11.3. The summed E-state index contributed by atoms with van der Waals surface area (Å²) in [5, 5.41) is 0. The second-order valence-corrected chi connectivity index (χ2v) is 4.92. The number of carbonyl (C=O) groups excluding carboxylic acids is 1. The summed E-state index contributed by atoms with van der Waals surface area (Å²) in [7, 11) is 0. The molecule has 0 unspecified atom stereocenters. The minimum Gasteiger partial charge on any atom is -0.455 e. The van der Waals surface area contributed by atoms with Crippen molar-refractivity contribution in [1.82, 2.24) is 0 Å². The molecule has 1 aliphatic heterocycles. The van der Waals surface area contributed by atoms with Gasteiger partial charge in [-0.1, -0.05) is 39.5 Å². The van der Waals surface area contributed by atoms with Crippen molar-refractivity contribution in [2.45, 2.75) is 65.4 Å². The fraction of sp³-hybridized carbons (Fsp3) is 0.786. The zero-order valence-electron chi connectivity index (χ0n) is 10.8. The lowest BCUT2D eigenvalue weighted by atomic mass is 9.99. The van der Waals surface area contributed by atoms with Crippen molar-refractivity contribution in [3.8, 4) is 0 Å². The molecule has 0 aliphatic carbocycles. The van der Waals surface area contributed by atoms with Crippen molar-refractivity contribution in [3.63, 3.8) is 0 Å². The molecule has 0 fully saturated rings. The Bertz CT molecular complexity index is 255. The highest BCUT2D eigenvalue weighted by Crippen LogP contribution is 2.20. The molecule has 92 valence electrons. The van der Waals surface area contributed by atoms with Gasteiger partial charge in [0.15, 0.2) is 0 Å². The molecular formula is C14H24O2. The highest BCUT2D eigenvalue weighted by molar-refractivity contribution is 5.90. The first kappa shape index (κ1) is 13.3. The van der Waals surface area contributed by atoms with E-state index in [4.69, 9.17) is 4.74 Å². The van der Waals surface area contributed by atoms with Gasteiger partial charge in [0.25, 0.3) is 0 Å². The number of rotatable bonds is 7. The molecule has 0 amide bonds. The number of ether oxygens (including phenoxy) is 1. The highest BCUT2D eigenvalue weighted by atomic mass is 16.5. The van der Waals surface area contributed by atoms with Gasteiger partial charge in [0.2, 0.25) is 0 Å². The number of hydrogen-bond donors (Lipinski definition) is 0. The molecule has 2 heteroatoms. The third-order valence-corrected chi connectivity index (χ3v) is 3.33. The van der Waals surface area contributed by atoms with E-state index in [1.807, 2.05) is 13.0 Å². The lowest BCUT2D eigenvalue weighted by Crippen LogP contribution is -2.03. The minimum absolute atomic E-state index is 0.0115. The van der Waals surface area contributed by atoms with Crippen LogP contribution in [0.15, 0.2) is 11.6 Å². The molecule has 0 spiro atoms. The largest absolute Gasteiger partial charge is 0.455 e. The summed E-state index contributed by atoms with van der Waals surface area (Å²) in [6.45, 7) is 6.46. The molecule has 2 atom stereocenters. The third-order valence-electron chi connectivity index (χ3n) is 3.33. The Labute approximate surface area is 99.1 Å². The molecule has 2 nitrogen and oxygen atoms in total. The van der Waals surface area contributed by atoms with E-state index in [-0.39, 0.29) is 12.1 Å². The van der Waals surface area contributed by atoms with Crippen molar-refractivity contribution in [2.24, 2.45) is 5.92 Å². The minimum atomic E-state index is -0.102. The Morgan fingerprint density at radius 3 is 2.69 bits per heavy atom. The third kappa shape index (κ3) is 4.38. The van der Waals surface area contributed by atoms with E-state index < -0.39 is 0 Å². The van der Waals surface area contributed by atoms with E-state index in [0.717, 1.165) is 24.3 Å². The molecular weight excluding hydrogens is 200 g/mol. The van der Waals surface area contributed by atoms with Crippen LogP contribution in [-0.2, 0) is 9.53 Å². The zero-order valence-corrected chi connectivity index (χ0v) is 10.8. The van der Waals surface area contributed by atoms with Crippen LogP contribution in [0.1, 0.15) is 59.3 Å². The van der Waals surface area contributed by atoms with Crippen LogP contribution in [0.4, 0.5) is 0 Å². The Kier molecular flexibility index (Phi) is 5.58. The van der Waals surface area contributed by atoms with Crippen molar-refractivity contribution in [1.29, 1.82) is 0 Å². The number of hydrogen-bond acceptors (Lipinski definition) is 2. The summed E-state index contributed by atoms with van der Waals surface area (Å²) in [6, 6.07) is 0. The van der Waals surface area contributed by atoms with Crippen LogP contribution in [0.25, 0.3) is 0 Å². The van der Waals surface area contributed by atoms with Gasteiger partial charge in [0.05, 0.1) is 0 Å². The van der Waals surface area contributed by atoms with Crippen LogP contribution in [-0.4, -0.2) is 12.1 Å². The molecule has 0 aromatic carbocycles. The maximum Gasteiger partial charge on any atom is 0.334 e. The normalized spacial score (nSPS) is 21.8. The number of unbranched alkanes of at least 4 members (excludes halogenated alkanes) is 2. The quantitative estimate of drug-likeness (QED) is 0.485. The first-order valence-corrected chi connectivity index (χ1v) is 6.55. The zero-order chi connectivity index (χ0) is 12.0. The van der Waals surface area contributed by atoms with E-state index in [9.17, 15) is 4.79 Å². The smallest absolute Gasteiger partial charge is 0.334 e. The van der Waals surface area contributed by atoms with Crippen molar-refractivity contribution >= 4 is 5.97 Å². The summed E-state index contributed by atoms with van der Waals surface area (Å²) in [5.41, 5.74) is 0.885. The molecule has 1 heterocycles. The summed E-state index contributed by atoms with van der Waals surface area (Å²) >= 11 is 0. The summed E-state index contributed by atoms with van der Waals surface area (Å²) in [5.74, 6) is 0.741. The van der Waals surface area contributed by atoms with Gasteiger partial charge in [-0.15, -0.1) is 0 Å². The van der Waals surface area contributed by atoms with Crippen LogP contribution >= 0.6 is 0 Å². The molecule has 1 aliphatic rings. The number of carbonyl (C=O) groups is 1. The van der Waals surface area contributed by atoms with E-state index in [0.29, 0.717) is 0 Å². The van der Waals surface area contributed by atoms with Crippen molar-refractivity contribution in [3.05, 3.63) is 11.6 Å². The predicted molar refractivity (Wildman–Crippen MR) is 66.2 cm³/mol. The van der Waals surface area contributed by atoms with Gasteiger partial charge >= 0.3 is 5.97 Å². The molecule has 0 saturated heterocycles. The lowest BCUT2D eigenvalue weighted by Gasteiger charge is -2.07. The molecule has 0 bridgehead atoms. The average molecular weight is 224 g/mol. The maximum absolute atomic E-state index is 11.3. The van der Waals surface area contributed by atoms with Gasteiger partial charge in [-0.05, 0) is 31.8 Å². The summed E-state index contributed by atoms with van der Waals surface area (Å²) in [4.78, 5) is 11.3.